The number of aromatic nitrogens is 1. The topological polar surface area (TPSA) is 34.5 Å². The van der Waals surface area contributed by atoms with Crippen LogP contribution in [0.4, 0.5) is 11.4 Å². The molecule has 4 heterocycles. The summed E-state index contributed by atoms with van der Waals surface area (Å²) in [6.45, 7) is 0. The summed E-state index contributed by atoms with van der Waals surface area (Å²) in [5, 5.41) is 6.89. The Labute approximate surface area is 333 Å². The minimum absolute atomic E-state index is 0.294. The van der Waals surface area contributed by atoms with Gasteiger partial charge in [-0.3, -0.25) is 0 Å². The van der Waals surface area contributed by atoms with Crippen LogP contribution in [0, 0.1) is 0 Å². The fraction of sp³-hybridized carbons (Fsp3) is 0.0370. The lowest BCUT2D eigenvalue weighted by atomic mass is 9.84. The van der Waals surface area contributed by atoms with Crippen LogP contribution in [0.5, 0.6) is 0 Å². The second-order valence-corrected chi connectivity index (χ2v) is 15.7. The van der Waals surface area contributed by atoms with Crippen LogP contribution in [0.15, 0.2) is 203 Å². The van der Waals surface area contributed by atoms with Crippen molar-refractivity contribution in [2.24, 2.45) is 0 Å². The minimum Gasteiger partial charge on any atom is -0.456 e. The number of para-hydroxylation sites is 4. The molecule has 0 N–H and O–H groups in total. The maximum absolute atomic E-state index is 6.48. The zero-order valence-corrected chi connectivity index (χ0v) is 31.4. The largest absolute Gasteiger partial charge is 0.456 e. The molecule has 0 radical (unpaired) electrons. The molecule has 272 valence electrons. The van der Waals surface area contributed by atoms with Crippen LogP contribution >= 0.6 is 0 Å². The Morgan fingerprint density at radius 3 is 1.78 bits per heavy atom. The molecule has 2 aliphatic rings. The first-order valence-electron chi connectivity index (χ1n) is 20.0. The molecule has 4 heteroatoms. The van der Waals surface area contributed by atoms with E-state index in [1.54, 1.807) is 0 Å². The predicted octanol–water partition coefficient (Wildman–Crippen LogP) is 14.9. The summed E-state index contributed by atoms with van der Waals surface area (Å²) in [6, 6.07) is 63.3. The highest BCUT2D eigenvalue weighted by Gasteiger charge is 2.36. The summed E-state index contributed by atoms with van der Waals surface area (Å²) in [7, 11) is 0. The number of nitrogens with zero attached hydrogens (tertiary/aromatic N) is 2. The third-order valence-corrected chi connectivity index (χ3v) is 12.5. The zero-order chi connectivity index (χ0) is 37.9. The van der Waals surface area contributed by atoms with Gasteiger partial charge in [-0.05, 0) is 119 Å². The molecule has 1 aliphatic carbocycles. The van der Waals surface area contributed by atoms with Crippen molar-refractivity contribution >= 4 is 82.6 Å². The Bertz CT molecular complexity index is 3540. The molecular formula is C54H34N2O2. The highest BCUT2D eigenvalue weighted by molar-refractivity contribution is 6.16. The van der Waals surface area contributed by atoms with Gasteiger partial charge < -0.3 is 18.3 Å². The Morgan fingerprint density at radius 2 is 1.00 bits per heavy atom. The van der Waals surface area contributed by atoms with Crippen molar-refractivity contribution in [3.05, 3.63) is 205 Å². The predicted molar refractivity (Wildman–Crippen MR) is 239 cm³/mol. The van der Waals surface area contributed by atoms with Gasteiger partial charge in [0, 0.05) is 67.1 Å². The van der Waals surface area contributed by atoms with Gasteiger partial charge in [0.05, 0.1) is 11.0 Å². The molecule has 0 fully saturated rings. The molecule has 4 nitrogen and oxygen atoms in total. The molecule has 0 saturated carbocycles. The molecule has 11 aromatic rings. The van der Waals surface area contributed by atoms with Gasteiger partial charge >= 0.3 is 0 Å². The highest BCUT2D eigenvalue weighted by atomic mass is 16.3. The van der Waals surface area contributed by atoms with Crippen LogP contribution in [0.2, 0.25) is 0 Å². The summed E-state index contributed by atoms with van der Waals surface area (Å²) < 4.78 is 15.3. The van der Waals surface area contributed by atoms with Crippen LogP contribution in [0.25, 0.3) is 88.1 Å². The number of fused-ring (bicyclic) bond motifs is 12. The monoisotopic (exact) mass is 742 g/mol. The first-order chi connectivity index (χ1) is 28.7. The van der Waals surface area contributed by atoms with Gasteiger partial charge in [0.15, 0.2) is 0 Å². The third kappa shape index (κ3) is 4.57. The standard InChI is InChI=1S/C54H34N2O2/c1-3-11-37(12-4-1)55-47-17-9-7-15-39(47)41-27-33(19-23-49(41)55)35-21-25-51-43(29-35)45-31-46-44-30-36(22-26-52(44)58-54(46)32-53(45)57-51)34-20-24-50-42(28-34)40-16-8-10-18-48(40)56(50)38-13-5-2-6-14-38/h1-27,29-32,42H,28H2. The average Bonchev–Trinajstić information content (AvgIpc) is 4.02. The molecule has 0 bridgehead atoms. The van der Waals surface area contributed by atoms with Crippen LogP contribution < -0.4 is 4.90 Å². The molecule has 1 aliphatic heterocycles. The van der Waals surface area contributed by atoms with Crippen molar-refractivity contribution in [1.82, 2.24) is 4.57 Å². The Kier molecular flexibility index (Phi) is 6.53. The SMILES string of the molecule is C1=C(c2ccc3oc4cc5oc6ccc(-c7ccc8c(c7)c7ccccc7n8-c7ccccc7)cc6c5cc4c3c2)CC2C(=C1)N(c1ccccc1)c1ccccc12. The lowest BCUT2D eigenvalue weighted by Gasteiger charge is -2.26. The number of rotatable bonds is 4. The van der Waals surface area contributed by atoms with Gasteiger partial charge in [-0.2, -0.15) is 0 Å². The maximum Gasteiger partial charge on any atom is 0.139 e. The van der Waals surface area contributed by atoms with Gasteiger partial charge in [0.1, 0.15) is 22.3 Å². The summed E-state index contributed by atoms with van der Waals surface area (Å²) in [4.78, 5) is 2.43. The zero-order valence-electron chi connectivity index (χ0n) is 31.4. The van der Waals surface area contributed by atoms with Crippen molar-refractivity contribution in [3.8, 4) is 16.8 Å². The Hall–Kier alpha value is -7.56. The first-order valence-corrected chi connectivity index (χ1v) is 20.0. The van der Waals surface area contributed by atoms with Crippen LogP contribution in [-0.2, 0) is 0 Å². The van der Waals surface area contributed by atoms with Crippen molar-refractivity contribution in [3.63, 3.8) is 0 Å². The van der Waals surface area contributed by atoms with E-state index < -0.39 is 0 Å². The average molecular weight is 743 g/mol. The fourth-order valence-corrected chi connectivity index (χ4v) is 9.83. The maximum atomic E-state index is 6.48. The van der Waals surface area contributed by atoms with E-state index in [1.165, 1.54) is 61.1 Å². The molecule has 13 rings (SSSR count). The van der Waals surface area contributed by atoms with Crippen molar-refractivity contribution in [2.75, 3.05) is 4.90 Å². The van der Waals surface area contributed by atoms with Gasteiger partial charge in [-0.1, -0.05) is 97.1 Å². The number of anilines is 2. The molecule has 1 unspecified atom stereocenters. The van der Waals surface area contributed by atoms with Gasteiger partial charge in [0.25, 0.3) is 0 Å². The minimum atomic E-state index is 0.294. The van der Waals surface area contributed by atoms with E-state index in [1.807, 2.05) is 0 Å². The van der Waals surface area contributed by atoms with E-state index in [2.05, 4.69) is 198 Å². The molecule has 8 aromatic carbocycles. The van der Waals surface area contributed by atoms with Crippen LogP contribution in [0.3, 0.4) is 0 Å². The van der Waals surface area contributed by atoms with Crippen LogP contribution in [0.1, 0.15) is 23.5 Å². The lowest BCUT2D eigenvalue weighted by molar-refractivity contribution is 0.656. The van der Waals surface area contributed by atoms with E-state index in [0.29, 0.717) is 5.92 Å². The van der Waals surface area contributed by atoms with Crippen molar-refractivity contribution < 1.29 is 8.83 Å². The summed E-state index contributed by atoms with van der Waals surface area (Å²) in [6.07, 6.45) is 5.58. The molecule has 3 aromatic heterocycles. The number of benzene rings is 8. The Morgan fingerprint density at radius 1 is 0.414 bits per heavy atom. The third-order valence-electron chi connectivity index (χ3n) is 12.5. The molecule has 0 spiro atoms. The smallest absolute Gasteiger partial charge is 0.139 e. The van der Waals surface area contributed by atoms with E-state index in [9.17, 15) is 0 Å². The van der Waals surface area contributed by atoms with Gasteiger partial charge in [-0.25, -0.2) is 0 Å². The first kappa shape index (κ1) is 31.6. The quantitative estimate of drug-likeness (QED) is 0.180. The number of furan rings is 2. The number of hydrogen-bond acceptors (Lipinski definition) is 3. The number of hydrogen-bond donors (Lipinski definition) is 0. The van der Waals surface area contributed by atoms with Gasteiger partial charge in [-0.15, -0.1) is 0 Å². The van der Waals surface area contributed by atoms with Gasteiger partial charge in [0.2, 0.25) is 0 Å². The van der Waals surface area contributed by atoms with Crippen molar-refractivity contribution in [2.45, 2.75) is 12.3 Å². The molecular weight excluding hydrogens is 709 g/mol. The molecule has 0 amide bonds. The van der Waals surface area contributed by atoms with Crippen molar-refractivity contribution in [1.29, 1.82) is 0 Å². The van der Waals surface area contributed by atoms with Crippen LogP contribution in [-0.4, -0.2) is 4.57 Å². The molecule has 58 heavy (non-hydrogen) atoms. The number of allylic oxidation sites excluding steroid dienone is 4. The van der Waals surface area contributed by atoms with E-state index in [4.69, 9.17) is 8.83 Å². The Balaban J connectivity index is 0.907. The normalized spacial score (nSPS) is 15.2. The lowest BCUT2D eigenvalue weighted by Crippen LogP contribution is -2.15. The summed E-state index contributed by atoms with van der Waals surface area (Å²) >= 11 is 0. The highest BCUT2D eigenvalue weighted by Crippen LogP contribution is 2.53. The fourth-order valence-electron chi connectivity index (χ4n) is 9.83. The second kappa shape index (κ2) is 12.0. The van der Waals surface area contributed by atoms with E-state index in [-0.39, 0.29) is 0 Å². The summed E-state index contributed by atoms with van der Waals surface area (Å²) in [5.74, 6) is 0.294. The summed E-state index contributed by atoms with van der Waals surface area (Å²) in [5.41, 5.74) is 17.1. The van der Waals surface area contributed by atoms with E-state index in [0.717, 1.165) is 61.5 Å². The molecule has 0 saturated heterocycles. The molecule has 1 atom stereocenters. The van der Waals surface area contributed by atoms with E-state index >= 15 is 0 Å². The second-order valence-electron chi connectivity index (χ2n) is 15.7.